The van der Waals surface area contributed by atoms with Crippen LogP contribution < -0.4 is 11.1 Å². The monoisotopic (exact) mass is 301 g/mol. The van der Waals surface area contributed by atoms with Gasteiger partial charge in [0.2, 0.25) is 0 Å². The zero-order chi connectivity index (χ0) is 16.3. The van der Waals surface area contributed by atoms with Gasteiger partial charge in [-0.05, 0) is 31.5 Å². The molecular formula is C14H15N5O3. The number of nitrogens with zero attached hydrogens (tertiary/aromatic N) is 3. The zero-order valence-corrected chi connectivity index (χ0v) is 12.1. The molecule has 0 unspecified atom stereocenters. The molecule has 1 heterocycles. The number of anilines is 1. The molecule has 1 aromatic heterocycles. The number of carbonyl (C=O) groups excluding carboxylic acids is 1. The molecule has 2 rings (SSSR count). The molecule has 0 atom stereocenters. The van der Waals surface area contributed by atoms with Gasteiger partial charge < -0.3 is 11.1 Å². The lowest BCUT2D eigenvalue weighted by molar-refractivity contribution is -0.384. The topological polar surface area (TPSA) is 124 Å². The molecular weight excluding hydrogens is 286 g/mol. The molecule has 0 saturated heterocycles. The first-order chi connectivity index (χ1) is 10.3. The normalized spacial score (nSPS) is 11.0. The molecule has 0 aliphatic rings. The van der Waals surface area contributed by atoms with Crippen LogP contribution in [0.3, 0.4) is 0 Å². The fourth-order valence-electron chi connectivity index (χ4n) is 1.94. The Morgan fingerprint density at radius 3 is 2.36 bits per heavy atom. The van der Waals surface area contributed by atoms with Crippen molar-refractivity contribution in [1.29, 1.82) is 0 Å². The first-order valence-corrected chi connectivity index (χ1v) is 6.45. The van der Waals surface area contributed by atoms with E-state index >= 15 is 0 Å². The van der Waals surface area contributed by atoms with Gasteiger partial charge in [0.05, 0.1) is 10.5 Å². The molecule has 0 aliphatic carbocycles. The molecule has 3 N–H and O–H groups in total. The summed E-state index contributed by atoms with van der Waals surface area (Å²) in [4.78, 5) is 30.1. The lowest BCUT2D eigenvalue weighted by Crippen LogP contribution is -2.41. The molecule has 8 heteroatoms. The van der Waals surface area contributed by atoms with Crippen molar-refractivity contribution in [2.24, 2.45) is 0 Å². The number of nitro groups is 1. The predicted octanol–water partition coefficient (Wildman–Crippen LogP) is 1.63. The Morgan fingerprint density at radius 2 is 1.82 bits per heavy atom. The number of rotatable bonds is 4. The van der Waals surface area contributed by atoms with Gasteiger partial charge in [-0.1, -0.05) is 0 Å². The Morgan fingerprint density at radius 1 is 1.23 bits per heavy atom. The lowest BCUT2D eigenvalue weighted by atomic mass is 9.94. The van der Waals surface area contributed by atoms with E-state index in [9.17, 15) is 14.9 Å². The third-order valence-electron chi connectivity index (χ3n) is 3.17. The highest BCUT2D eigenvalue weighted by Gasteiger charge is 2.25. The minimum Gasteiger partial charge on any atom is -0.382 e. The van der Waals surface area contributed by atoms with E-state index in [0.717, 1.165) is 0 Å². The van der Waals surface area contributed by atoms with Gasteiger partial charge in [-0.15, -0.1) is 0 Å². The van der Waals surface area contributed by atoms with Gasteiger partial charge in [0, 0.05) is 24.5 Å². The largest absolute Gasteiger partial charge is 0.382 e. The van der Waals surface area contributed by atoms with Crippen molar-refractivity contribution in [1.82, 2.24) is 15.3 Å². The minimum absolute atomic E-state index is 0.0101. The second kappa shape index (κ2) is 5.76. The van der Waals surface area contributed by atoms with Crippen LogP contribution in [0.5, 0.6) is 0 Å². The summed E-state index contributed by atoms with van der Waals surface area (Å²) < 4.78 is 0. The van der Waals surface area contributed by atoms with Crippen LogP contribution in [0.25, 0.3) is 0 Å². The van der Waals surface area contributed by atoms with Crippen molar-refractivity contribution in [3.63, 3.8) is 0 Å². The molecule has 114 valence electrons. The van der Waals surface area contributed by atoms with E-state index in [1.54, 1.807) is 26.0 Å². The number of aromatic nitrogens is 2. The first-order valence-electron chi connectivity index (χ1n) is 6.45. The first kappa shape index (κ1) is 15.4. The van der Waals surface area contributed by atoms with Crippen LogP contribution in [0.4, 0.5) is 11.5 Å². The summed E-state index contributed by atoms with van der Waals surface area (Å²) in [6, 6.07) is 5.97. The molecule has 0 spiro atoms. The predicted molar refractivity (Wildman–Crippen MR) is 80.0 cm³/mol. The number of non-ortho nitro benzene ring substituents is 1. The summed E-state index contributed by atoms with van der Waals surface area (Å²) in [6.45, 7) is 3.55. The van der Waals surface area contributed by atoms with Crippen molar-refractivity contribution in [2.45, 2.75) is 19.4 Å². The van der Waals surface area contributed by atoms with Crippen LogP contribution >= 0.6 is 0 Å². The van der Waals surface area contributed by atoms with E-state index in [-0.39, 0.29) is 17.2 Å². The standard InChI is InChI=1S/C14H15N5O3/c1-14(2,9-3-5-10(6-4-9)19(21)22)18-13(20)11-12(15)17-8-7-16-11/h3-8H,1-2H3,(H2,15,17)(H,18,20). The van der Waals surface area contributed by atoms with Gasteiger partial charge in [-0.3, -0.25) is 14.9 Å². The molecule has 22 heavy (non-hydrogen) atoms. The maximum atomic E-state index is 12.2. The third kappa shape index (κ3) is 3.17. The van der Waals surface area contributed by atoms with Crippen LogP contribution in [0.2, 0.25) is 0 Å². The number of hydrogen-bond donors (Lipinski definition) is 2. The molecule has 1 aromatic carbocycles. The van der Waals surface area contributed by atoms with Crippen molar-refractivity contribution in [2.75, 3.05) is 5.73 Å². The summed E-state index contributed by atoms with van der Waals surface area (Å²) in [5, 5.41) is 13.5. The maximum Gasteiger partial charge on any atom is 0.274 e. The number of hydrogen-bond acceptors (Lipinski definition) is 6. The average Bonchev–Trinajstić information content (AvgIpc) is 2.47. The van der Waals surface area contributed by atoms with Gasteiger partial charge in [-0.2, -0.15) is 0 Å². The van der Waals surface area contributed by atoms with Crippen LogP contribution in [-0.2, 0) is 5.54 Å². The molecule has 0 fully saturated rings. The van der Waals surface area contributed by atoms with E-state index in [0.29, 0.717) is 5.56 Å². The average molecular weight is 301 g/mol. The number of nitro benzene ring substituents is 1. The SMILES string of the molecule is CC(C)(NC(=O)c1nccnc1N)c1ccc([N+](=O)[O-])cc1. The quantitative estimate of drug-likeness (QED) is 0.653. The van der Waals surface area contributed by atoms with Gasteiger partial charge >= 0.3 is 0 Å². The number of nitrogens with one attached hydrogen (secondary N) is 1. The third-order valence-corrected chi connectivity index (χ3v) is 3.17. The Labute approximate surface area is 126 Å². The number of nitrogens with two attached hydrogens (primary N) is 1. The van der Waals surface area contributed by atoms with E-state index < -0.39 is 16.4 Å². The maximum absolute atomic E-state index is 12.2. The summed E-state index contributed by atoms with van der Waals surface area (Å²) >= 11 is 0. The van der Waals surface area contributed by atoms with E-state index in [1.165, 1.54) is 24.5 Å². The summed E-state index contributed by atoms with van der Waals surface area (Å²) in [6.07, 6.45) is 2.78. The van der Waals surface area contributed by atoms with Gasteiger partial charge in [0.15, 0.2) is 11.5 Å². The van der Waals surface area contributed by atoms with Crippen molar-refractivity contribution < 1.29 is 9.72 Å². The molecule has 0 saturated carbocycles. The highest BCUT2D eigenvalue weighted by atomic mass is 16.6. The fourth-order valence-corrected chi connectivity index (χ4v) is 1.94. The second-order valence-corrected chi connectivity index (χ2v) is 5.17. The smallest absolute Gasteiger partial charge is 0.274 e. The minimum atomic E-state index is -0.754. The van der Waals surface area contributed by atoms with Crippen LogP contribution in [-0.4, -0.2) is 20.8 Å². The van der Waals surface area contributed by atoms with Gasteiger partial charge in [0.25, 0.3) is 11.6 Å². The van der Waals surface area contributed by atoms with Gasteiger partial charge in [-0.25, -0.2) is 9.97 Å². The number of amides is 1. The van der Waals surface area contributed by atoms with Crippen molar-refractivity contribution >= 4 is 17.4 Å². The van der Waals surface area contributed by atoms with Crippen molar-refractivity contribution in [3.8, 4) is 0 Å². The summed E-state index contributed by atoms with van der Waals surface area (Å²) in [5.74, 6) is -0.423. The highest BCUT2D eigenvalue weighted by Crippen LogP contribution is 2.23. The van der Waals surface area contributed by atoms with E-state index in [4.69, 9.17) is 5.73 Å². The van der Waals surface area contributed by atoms with Crippen LogP contribution in [0.15, 0.2) is 36.7 Å². The number of carbonyl (C=O) groups is 1. The Bertz CT molecular complexity index is 713. The van der Waals surface area contributed by atoms with E-state index in [2.05, 4.69) is 15.3 Å². The Hall–Kier alpha value is -3.03. The highest BCUT2D eigenvalue weighted by molar-refractivity contribution is 5.96. The molecule has 1 amide bonds. The summed E-state index contributed by atoms with van der Waals surface area (Å²) in [5.41, 5.74) is 5.61. The molecule has 0 aliphatic heterocycles. The fraction of sp³-hybridized carbons (Fsp3) is 0.214. The molecule has 8 nitrogen and oxygen atoms in total. The second-order valence-electron chi connectivity index (χ2n) is 5.17. The zero-order valence-electron chi connectivity index (χ0n) is 12.1. The van der Waals surface area contributed by atoms with Crippen LogP contribution in [0, 0.1) is 10.1 Å². The summed E-state index contributed by atoms with van der Waals surface area (Å²) in [7, 11) is 0. The number of benzene rings is 1. The van der Waals surface area contributed by atoms with Crippen LogP contribution in [0.1, 0.15) is 29.9 Å². The van der Waals surface area contributed by atoms with E-state index in [1.807, 2.05) is 0 Å². The molecule has 0 radical (unpaired) electrons. The Balaban J connectivity index is 2.22. The molecule has 0 bridgehead atoms. The number of nitrogen functional groups attached to an aromatic ring is 1. The van der Waals surface area contributed by atoms with Gasteiger partial charge in [0.1, 0.15) is 0 Å². The molecule has 2 aromatic rings. The van der Waals surface area contributed by atoms with Crippen molar-refractivity contribution in [3.05, 3.63) is 58.0 Å². The Kier molecular flexibility index (Phi) is 4.02. The lowest BCUT2D eigenvalue weighted by Gasteiger charge is -2.26.